The molecule has 3 aromatic rings. The number of para-hydroxylation sites is 2. The first-order chi connectivity index (χ1) is 14.5. The van der Waals surface area contributed by atoms with E-state index in [0.717, 1.165) is 22.5 Å². The minimum Gasteiger partial charge on any atom is -0.305 e. The van der Waals surface area contributed by atoms with Gasteiger partial charge in [0.15, 0.2) is 0 Å². The molecule has 0 aliphatic carbocycles. The van der Waals surface area contributed by atoms with Gasteiger partial charge in [-0.3, -0.25) is 9.59 Å². The van der Waals surface area contributed by atoms with E-state index < -0.39 is 0 Å². The number of carbonyl (C=O) groups excluding carboxylic acids is 2. The first kappa shape index (κ1) is 19.9. The fraction of sp³-hybridized carbons (Fsp3) is 0.231. The van der Waals surface area contributed by atoms with Crippen LogP contribution in [0.1, 0.15) is 47.8 Å². The molecule has 0 bridgehead atoms. The van der Waals surface area contributed by atoms with Crippen LogP contribution in [0.25, 0.3) is 0 Å². The quantitative estimate of drug-likeness (QED) is 0.582. The van der Waals surface area contributed by atoms with Gasteiger partial charge in [-0.2, -0.15) is 0 Å². The first-order valence-electron chi connectivity index (χ1n) is 10.3. The predicted octanol–water partition coefficient (Wildman–Crippen LogP) is 5.53. The molecule has 30 heavy (non-hydrogen) atoms. The largest absolute Gasteiger partial charge is 0.305 e. The number of amides is 2. The highest BCUT2D eigenvalue weighted by atomic mass is 16.2. The number of rotatable bonds is 3. The number of hydrogen-bond donors (Lipinski definition) is 0. The summed E-state index contributed by atoms with van der Waals surface area (Å²) in [6.45, 7) is 5.65. The van der Waals surface area contributed by atoms with Gasteiger partial charge >= 0.3 is 0 Å². The molecule has 1 heterocycles. The zero-order chi connectivity index (χ0) is 21.3. The van der Waals surface area contributed by atoms with Crippen molar-refractivity contribution in [3.63, 3.8) is 0 Å². The van der Waals surface area contributed by atoms with Crippen LogP contribution >= 0.6 is 0 Å². The summed E-state index contributed by atoms with van der Waals surface area (Å²) in [4.78, 5) is 29.9. The Morgan fingerprint density at radius 2 is 1.63 bits per heavy atom. The second-order valence-corrected chi connectivity index (χ2v) is 7.93. The van der Waals surface area contributed by atoms with Gasteiger partial charge in [-0.25, -0.2) is 0 Å². The lowest BCUT2D eigenvalue weighted by molar-refractivity contribution is -0.117. The third-order valence-electron chi connectivity index (χ3n) is 5.73. The van der Waals surface area contributed by atoms with Gasteiger partial charge in [0.1, 0.15) is 0 Å². The van der Waals surface area contributed by atoms with Crippen molar-refractivity contribution >= 4 is 23.2 Å². The number of anilines is 2. The van der Waals surface area contributed by atoms with E-state index in [1.54, 1.807) is 6.92 Å². The van der Waals surface area contributed by atoms with E-state index in [1.807, 2.05) is 95.6 Å². The topological polar surface area (TPSA) is 40.6 Å². The fourth-order valence-corrected chi connectivity index (χ4v) is 4.42. The highest BCUT2D eigenvalue weighted by Gasteiger charge is 2.38. The molecule has 3 aromatic carbocycles. The Morgan fingerprint density at radius 3 is 2.33 bits per heavy atom. The number of hydrogen-bond acceptors (Lipinski definition) is 2. The molecule has 0 fully saturated rings. The first-order valence-corrected chi connectivity index (χ1v) is 10.3. The van der Waals surface area contributed by atoms with Gasteiger partial charge < -0.3 is 9.80 Å². The maximum Gasteiger partial charge on any atom is 0.258 e. The molecule has 4 rings (SSSR count). The van der Waals surface area contributed by atoms with Crippen molar-refractivity contribution in [3.8, 4) is 0 Å². The van der Waals surface area contributed by atoms with Crippen molar-refractivity contribution < 1.29 is 9.59 Å². The molecule has 2 unspecified atom stereocenters. The minimum absolute atomic E-state index is 0.00772. The molecule has 0 saturated carbocycles. The summed E-state index contributed by atoms with van der Waals surface area (Å²) in [5, 5.41) is 0. The molecule has 4 heteroatoms. The molecule has 0 spiro atoms. The van der Waals surface area contributed by atoms with Crippen molar-refractivity contribution in [2.24, 2.45) is 0 Å². The summed E-state index contributed by atoms with van der Waals surface area (Å²) in [7, 11) is 0. The molecular weight excluding hydrogens is 372 g/mol. The van der Waals surface area contributed by atoms with Crippen LogP contribution in [0.5, 0.6) is 0 Å². The standard InChI is InChI=1S/C26H26N2O2/c1-18-10-9-11-21(16-18)26(30)27-19(2)17-25(23-14-7-8-15-24(23)27)28(20(3)29)22-12-5-4-6-13-22/h4-16,19,25H,17H2,1-3H3. The average Bonchev–Trinajstić information content (AvgIpc) is 2.74. The third kappa shape index (κ3) is 3.61. The Labute approximate surface area is 177 Å². The Kier molecular flexibility index (Phi) is 5.40. The van der Waals surface area contributed by atoms with Crippen LogP contribution in [0.4, 0.5) is 11.4 Å². The van der Waals surface area contributed by atoms with Crippen LogP contribution in [0.2, 0.25) is 0 Å². The second kappa shape index (κ2) is 8.15. The Morgan fingerprint density at radius 1 is 0.933 bits per heavy atom. The lowest BCUT2D eigenvalue weighted by atomic mass is 9.89. The summed E-state index contributed by atoms with van der Waals surface area (Å²) >= 11 is 0. The third-order valence-corrected chi connectivity index (χ3v) is 5.73. The van der Waals surface area contributed by atoms with E-state index in [0.29, 0.717) is 12.0 Å². The van der Waals surface area contributed by atoms with Gasteiger partial charge in [-0.15, -0.1) is 0 Å². The van der Waals surface area contributed by atoms with Crippen molar-refractivity contribution in [1.82, 2.24) is 0 Å². The van der Waals surface area contributed by atoms with Crippen LogP contribution in [-0.4, -0.2) is 17.9 Å². The van der Waals surface area contributed by atoms with Crippen LogP contribution in [-0.2, 0) is 4.79 Å². The van der Waals surface area contributed by atoms with Crippen molar-refractivity contribution in [1.29, 1.82) is 0 Å². The van der Waals surface area contributed by atoms with Gasteiger partial charge in [0.05, 0.1) is 6.04 Å². The Bertz CT molecular complexity index is 1080. The van der Waals surface area contributed by atoms with Gasteiger partial charge in [-0.1, -0.05) is 54.1 Å². The number of carbonyl (C=O) groups is 2. The molecule has 2 amide bonds. The SMILES string of the molecule is CC(=O)N(c1ccccc1)C1CC(C)N(C(=O)c2cccc(C)c2)c2ccccc21. The molecule has 1 aliphatic rings. The van der Waals surface area contributed by atoms with Crippen LogP contribution in [0.3, 0.4) is 0 Å². The van der Waals surface area contributed by atoms with Gasteiger partial charge in [0, 0.05) is 29.9 Å². The van der Waals surface area contributed by atoms with E-state index in [-0.39, 0.29) is 23.9 Å². The van der Waals surface area contributed by atoms with Crippen molar-refractivity contribution in [2.75, 3.05) is 9.80 Å². The normalized spacial score (nSPS) is 17.9. The van der Waals surface area contributed by atoms with E-state index in [4.69, 9.17) is 0 Å². The van der Waals surface area contributed by atoms with Gasteiger partial charge in [0.2, 0.25) is 5.91 Å². The maximum absolute atomic E-state index is 13.5. The molecule has 0 radical (unpaired) electrons. The van der Waals surface area contributed by atoms with Crippen LogP contribution in [0.15, 0.2) is 78.9 Å². The fourth-order valence-electron chi connectivity index (χ4n) is 4.42. The number of fused-ring (bicyclic) bond motifs is 1. The van der Waals surface area contributed by atoms with Gasteiger partial charge in [-0.05, 0) is 56.2 Å². The number of benzene rings is 3. The highest BCUT2D eigenvalue weighted by Crippen LogP contribution is 2.42. The minimum atomic E-state index is -0.127. The lowest BCUT2D eigenvalue weighted by Crippen LogP contribution is -2.47. The lowest BCUT2D eigenvalue weighted by Gasteiger charge is -2.43. The van der Waals surface area contributed by atoms with Crippen LogP contribution in [0, 0.1) is 6.92 Å². The molecule has 0 N–H and O–H groups in total. The summed E-state index contributed by atoms with van der Waals surface area (Å²) in [6.07, 6.45) is 0.670. The maximum atomic E-state index is 13.5. The van der Waals surface area contributed by atoms with Crippen LogP contribution < -0.4 is 9.80 Å². The Balaban J connectivity index is 1.79. The predicted molar refractivity (Wildman–Crippen MR) is 121 cm³/mol. The van der Waals surface area contributed by atoms with Crippen molar-refractivity contribution in [3.05, 3.63) is 95.6 Å². The smallest absolute Gasteiger partial charge is 0.258 e. The molecule has 4 nitrogen and oxygen atoms in total. The zero-order valence-electron chi connectivity index (χ0n) is 17.6. The zero-order valence-corrected chi connectivity index (χ0v) is 17.6. The van der Waals surface area contributed by atoms with Crippen molar-refractivity contribution in [2.45, 2.75) is 39.3 Å². The van der Waals surface area contributed by atoms with Gasteiger partial charge in [0.25, 0.3) is 5.91 Å². The molecule has 152 valence electrons. The van der Waals surface area contributed by atoms with E-state index in [2.05, 4.69) is 6.92 Å². The number of nitrogens with zero attached hydrogens (tertiary/aromatic N) is 2. The summed E-state index contributed by atoms with van der Waals surface area (Å²) in [6, 6.07) is 25.2. The summed E-state index contributed by atoms with van der Waals surface area (Å²) < 4.78 is 0. The Hall–Kier alpha value is -3.40. The number of aryl methyl sites for hydroxylation is 1. The average molecular weight is 399 g/mol. The van der Waals surface area contributed by atoms with E-state index >= 15 is 0 Å². The molecule has 0 aromatic heterocycles. The monoisotopic (exact) mass is 398 g/mol. The molecule has 1 aliphatic heterocycles. The molecule has 2 atom stereocenters. The highest BCUT2D eigenvalue weighted by molar-refractivity contribution is 6.07. The summed E-state index contributed by atoms with van der Waals surface area (Å²) in [5.74, 6) is -0.0159. The van der Waals surface area contributed by atoms with E-state index in [9.17, 15) is 9.59 Å². The second-order valence-electron chi connectivity index (χ2n) is 7.93. The summed E-state index contributed by atoms with van der Waals surface area (Å²) in [5.41, 5.74) is 4.48. The van der Waals surface area contributed by atoms with E-state index in [1.165, 1.54) is 0 Å². The molecular formula is C26H26N2O2. The molecule has 0 saturated heterocycles.